The number of amides is 2. The van der Waals surface area contributed by atoms with E-state index in [0.29, 0.717) is 28.8 Å². The van der Waals surface area contributed by atoms with Gasteiger partial charge in [-0.25, -0.2) is 11.9 Å². The molecule has 36 heavy (non-hydrogen) atoms. The van der Waals surface area contributed by atoms with Crippen molar-refractivity contribution in [2.45, 2.75) is 24.8 Å². The minimum absolute atomic E-state index is 0.290. The van der Waals surface area contributed by atoms with Gasteiger partial charge in [0.15, 0.2) is 0 Å². The van der Waals surface area contributed by atoms with Gasteiger partial charge < -0.3 is 19.9 Å². The van der Waals surface area contributed by atoms with Crippen LogP contribution in [0.1, 0.15) is 23.2 Å². The van der Waals surface area contributed by atoms with Crippen LogP contribution in [-0.4, -0.2) is 94.1 Å². The topological polar surface area (TPSA) is 102 Å². The van der Waals surface area contributed by atoms with Gasteiger partial charge in [-0.1, -0.05) is 0 Å². The first-order valence-electron chi connectivity index (χ1n) is 11.8. The zero-order valence-corrected chi connectivity index (χ0v) is 21.8. The number of ether oxygens (including phenoxy) is 1. The third-order valence-corrected chi connectivity index (χ3v) is 7.27. The predicted octanol–water partition coefficient (Wildman–Crippen LogP) is 2.46. The smallest absolute Gasteiger partial charge is 0.268 e. The highest BCUT2D eigenvalue weighted by atomic mass is 127. The number of rotatable bonds is 8. The van der Waals surface area contributed by atoms with Gasteiger partial charge in [-0.3, -0.25) is 14.6 Å². The van der Waals surface area contributed by atoms with Gasteiger partial charge in [-0.05, 0) is 30.7 Å². The van der Waals surface area contributed by atoms with Crippen molar-refractivity contribution < 1.29 is 23.1 Å². The fourth-order valence-corrected chi connectivity index (χ4v) is 4.82. The number of nitrogens with one attached hydrogen (secondary N) is 1. The third-order valence-electron chi connectivity index (χ3n) is 6.30. The molecule has 2 aliphatic heterocycles. The minimum Gasteiger partial charge on any atom is -0.494 e. The second-order valence-corrected chi connectivity index (χ2v) is 10.3. The van der Waals surface area contributed by atoms with E-state index < -0.39 is 43.3 Å². The van der Waals surface area contributed by atoms with Gasteiger partial charge in [-0.15, -0.1) is 0 Å². The molecule has 3 heterocycles. The molecule has 1 N–H and O–H groups in total. The Hall–Kier alpha value is -2.63. The summed E-state index contributed by atoms with van der Waals surface area (Å²) in [6, 6.07) is 7.34. The number of carbonyl (C=O) groups excluding carboxylic acids is 2. The van der Waals surface area contributed by atoms with E-state index in [4.69, 9.17) is 10.00 Å². The van der Waals surface area contributed by atoms with E-state index in [-0.39, 0.29) is 0 Å². The van der Waals surface area contributed by atoms with Crippen LogP contribution in [0.4, 0.5) is 8.78 Å². The summed E-state index contributed by atoms with van der Waals surface area (Å²) in [7, 11) is 0. The number of nitrogens with zero attached hydrogens (tertiary/aromatic N) is 5. The summed E-state index contributed by atoms with van der Waals surface area (Å²) in [6.45, 7) is 4.37. The second-order valence-electron chi connectivity index (χ2n) is 8.90. The van der Waals surface area contributed by atoms with Crippen molar-refractivity contribution in [1.29, 1.82) is 5.26 Å². The van der Waals surface area contributed by atoms with Crippen molar-refractivity contribution in [2.75, 3.05) is 52.4 Å². The number of halogens is 3. The highest BCUT2D eigenvalue weighted by Gasteiger charge is 2.47. The molecule has 2 saturated heterocycles. The maximum atomic E-state index is 13.6. The summed E-state index contributed by atoms with van der Waals surface area (Å²) < 4.78 is 35.5. The maximum Gasteiger partial charge on any atom is 0.268 e. The second kappa shape index (κ2) is 11.6. The Morgan fingerprint density at radius 2 is 2.03 bits per heavy atom. The third kappa shape index (κ3) is 6.57. The molecule has 0 unspecified atom stereocenters. The Labute approximate surface area is 221 Å². The Morgan fingerprint density at radius 1 is 1.25 bits per heavy atom. The molecule has 2 aliphatic rings. The van der Waals surface area contributed by atoms with E-state index in [9.17, 15) is 18.4 Å². The molecule has 1 atom stereocenters. The lowest BCUT2D eigenvalue weighted by Gasteiger charge is -2.30. The number of alkyl halides is 2. The van der Waals surface area contributed by atoms with Crippen molar-refractivity contribution in [3.05, 3.63) is 36.0 Å². The quantitative estimate of drug-likeness (QED) is 0.278. The van der Waals surface area contributed by atoms with Gasteiger partial charge >= 0.3 is 0 Å². The summed E-state index contributed by atoms with van der Waals surface area (Å²) in [5.41, 5.74) is 0.875. The molecule has 9 nitrogen and oxygen atoms in total. The number of aromatic nitrogens is 1. The molecule has 0 radical (unpaired) electrons. The molecule has 0 spiro atoms. The molecule has 0 saturated carbocycles. The van der Waals surface area contributed by atoms with Gasteiger partial charge in [0.05, 0.1) is 36.8 Å². The van der Waals surface area contributed by atoms with Crippen molar-refractivity contribution >= 4 is 45.6 Å². The van der Waals surface area contributed by atoms with Crippen LogP contribution in [0.25, 0.3) is 10.9 Å². The maximum absolute atomic E-state index is 13.6. The molecule has 4 rings (SSSR count). The van der Waals surface area contributed by atoms with Crippen molar-refractivity contribution in [2.24, 2.45) is 0 Å². The van der Waals surface area contributed by atoms with E-state index in [0.717, 1.165) is 44.0 Å². The Bertz CT molecular complexity index is 1150. The van der Waals surface area contributed by atoms with Crippen LogP contribution in [0.2, 0.25) is 0 Å². The van der Waals surface area contributed by atoms with E-state index in [1.54, 1.807) is 24.3 Å². The lowest BCUT2D eigenvalue weighted by Crippen LogP contribution is -2.43. The standard InChI is InChI=1S/C24H27F2IN6O3/c25-24(26)13-17(14-28)33(16-24)22(34)15-30-23(35)19-4-5-29-21-3-2-18(12-20(19)21)36-11-1-6-31-7-9-32(27)10-8-31/h2-5,12,17H,1,6-11,13,15-16H2,(H,30,35)/t17-/m0/s1. The van der Waals surface area contributed by atoms with Gasteiger partial charge in [0.1, 0.15) is 11.8 Å². The normalized spacial score (nSPS) is 20.3. The molecule has 1 aromatic carbocycles. The number of hydrogen-bond acceptors (Lipinski definition) is 7. The van der Waals surface area contributed by atoms with Crippen LogP contribution in [0, 0.1) is 11.3 Å². The molecular weight excluding hydrogens is 585 g/mol. The Morgan fingerprint density at radius 3 is 2.78 bits per heavy atom. The molecule has 2 fully saturated rings. The first-order chi connectivity index (χ1) is 17.3. The average Bonchev–Trinajstić information content (AvgIpc) is 3.20. The van der Waals surface area contributed by atoms with E-state index in [2.05, 4.69) is 41.2 Å². The van der Waals surface area contributed by atoms with Crippen LogP contribution in [0.15, 0.2) is 30.5 Å². The molecule has 192 valence electrons. The zero-order chi connectivity index (χ0) is 25.7. The summed E-state index contributed by atoms with van der Waals surface area (Å²) in [5.74, 6) is -3.77. The van der Waals surface area contributed by atoms with E-state index in [1.807, 2.05) is 0 Å². The molecule has 1 aromatic heterocycles. The van der Waals surface area contributed by atoms with Crippen LogP contribution >= 0.6 is 22.9 Å². The van der Waals surface area contributed by atoms with E-state index >= 15 is 0 Å². The largest absolute Gasteiger partial charge is 0.494 e. The first kappa shape index (κ1) is 26.4. The average molecular weight is 612 g/mol. The Balaban J connectivity index is 1.34. The number of benzene rings is 1. The first-order valence-corrected chi connectivity index (χ1v) is 12.7. The van der Waals surface area contributed by atoms with Gasteiger partial charge in [-0.2, -0.15) is 5.26 Å². The summed E-state index contributed by atoms with van der Waals surface area (Å²) in [5, 5.41) is 12.1. The van der Waals surface area contributed by atoms with Crippen LogP contribution in [-0.2, 0) is 4.79 Å². The van der Waals surface area contributed by atoms with Gasteiger partial charge in [0, 0.05) is 73.6 Å². The molecule has 2 aromatic rings. The van der Waals surface area contributed by atoms with E-state index in [1.165, 1.54) is 12.3 Å². The molecule has 12 heteroatoms. The van der Waals surface area contributed by atoms with Crippen LogP contribution in [0.5, 0.6) is 5.75 Å². The SMILES string of the molecule is N#C[C@@H]1CC(F)(F)CN1C(=O)CNC(=O)c1ccnc2ccc(OCCCN3CCN(I)CC3)cc12. The fraction of sp³-hybridized carbons (Fsp3) is 0.500. The monoisotopic (exact) mass is 612 g/mol. The summed E-state index contributed by atoms with van der Waals surface area (Å²) in [6.07, 6.45) is 1.67. The Kier molecular flexibility index (Phi) is 8.53. The molecular formula is C24H27F2IN6O3. The zero-order valence-electron chi connectivity index (χ0n) is 19.6. The molecule has 0 aliphatic carbocycles. The van der Waals surface area contributed by atoms with Crippen molar-refractivity contribution in [1.82, 2.24) is 23.2 Å². The minimum atomic E-state index is -3.11. The van der Waals surface area contributed by atoms with Gasteiger partial charge in [0.25, 0.3) is 11.8 Å². The summed E-state index contributed by atoms with van der Waals surface area (Å²) >= 11 is 2.34. The number of hydrogen-bond donors (Lipinski definition) is 1. The number of carbonyl (C=O) groups is 2. The van der Waals surface area contributed by atoms with Crippen LogP contribution in [0.3, 0.4) is 0 Å². The van der Waals surface area contributed by atoms with Gasteiger partial charge in [0.2, 0.25) is 5.91 Å². The van der Waals surface area contributed by atoms with Crippen LogP contribution < -0.4 is 10.1 Å². The number of fused-ring (bicyclic) bond motifs is 1. The fourth-order valence-electron chi connectivity index (χ4n) is 4.39. The number of pyridine rings is 1. The molecule has 0 bridgehead atoms. The number of piperazine rings is 1. The van der Waals surface area contributed by atoms with Crippen molar-refractivity contribution in [3.8, 4) is 11.8 Å². The number of nitriles is 1. The van der Waals surface area contributed by atoms with Crippen molar-refractivity contribution in [3.63, 3.8) is 0 Å². The molecule has 2 amide bonds. The highest BCUT2D eigenvalue weighted by molar-refractivity contribution is 14.1. The highest BCUT2D eigenvalue weighted by Crippen LogP contribution is 2.31. The lowest BCUT2D eigenvalue weighted by molar-refractivity contribution is -0.131. The predicted molar refractivity (Wildman–Crippen MR) is 137 cm³/mol. The summed E-state index contributed by atoms with van der Waals surface area (Å²) in [4.78, 5) is 32.8. The lowest BCUT2D eigenvalue weighted by atomic mass is 10.1. The number of likely N-dealkylation sites (tertiary alicyclic amines) is 1.